The molecular weight excluding hydrogens is 290 g/mol. The Hall–Kier alpha value is -0.800. The summed E-state index contributed by atoms with van der Waals surface area (Å²) in [6.07, 6.45) is 8.90. The van der Waals surface area contributed by atoms with Gasteiger partial charge in [0.1, 0.15) is 10.7 Å². The van der Waals surface area contributed by atoms with Crippen LogP contribution in [0.25, 0.3) is 0 Å². The second-order valence-corrected chi connectivity index (χ2v) is 5.83. The van der Waals surface area contributed by atoms with Crippen molar-refractivity contribution >= 4 is 28.8 Å². The first-order chi connectivity index (χ1) is 9.65. The Labute approximate surface area is 132 Å². The molecule has 0 atom stereocenters. The molecule has 0 aromatic heterocycles. The monoisotopic (exact) mass is 313 g/mol. The van der Waals surface area contributed by atoms with Gasteiger partial charge in [-0.2, -0.15) is 0 Å². The predicted octanol–water partition coefficient (Wildman–Crippen LogP) is 5.10. The van der Waals surface area contributed by atoms with Crippen molar-refractivity contribution in [2.24, 2.45) is 5.73 Å². The minimum atomic E-state index is 0.352. The molecule has 0 spiro atoms. The van der Waals surface area contributed by atoms with Crippen molar-refractivity contribution < 1.29 is 4.74 Å². The Morgan fingerprint density at radius 3 is 2.40 bits per heavy atom. The van der Waals surface area contributed by atoms with E-state index in [4.69, 9.17) is 34.3 Å². The van der Waals surface area contributed by atoms with Crippen LogP contribution in [-0.2, 0) is 0 Å². The third kappa shape index (κ3) is 6.58. The molecule has 0 amide bonds. The third-order valence-electron chi connectivity index (χ3n) is 3.22. The molecular formula is C16H24ClNOS. The lowest BCUT2D eigenvalue weighted by atomic mass is 10.1. The number of thiocarbonyl (C=S) groups is 1. The van der Waals surface area contributed by atoms with E-state index in [0.717, 1.165) is 12.0 Å². The van der Waals surface area contributed by atoms with Gasteiger partial charge in [-0.05, 0) is 24.6 Å². The highest BCUT2D eigenvalue weighted by Gasteiger charge is 2.04. The summed E-state index contributed by atoms with van der Waals surface area (Å²) in [6.45, 7) is 2.94. The van der Waals surface area contributed by atoms with Crippen molar-refractivity contribution in [3.8, 4) is 5.75 Å². The maximum absolute atomic E-state index is 6.13. The van der Waals surface area contributed by atoms with Gasteiger partial charge in [-0.25, -0.2) is 0 Å². The number of benzene rings is 1. The second-order valence-electron chi connectivity index (χ2n) is 4.98. The first-order valence-corrected chi connectivity index (χ1v) is 8.16. The SMILES string of the molecule is CCCCCCCCCOc1ccc(C(N)=S)cc1Cl. The summed E-state index contributed by atoms with van der Waals surface area (Å²) in [4.78, 5) is 0.352. The van der Waals surface area contributed by atoms with Crippen molar-refractivity contribution in [1.82, 2.24) is 0 Å². The topological polar surface area (TPSA) is 35.2 Å². The van der Waals surface area contributed by atoms with Crippen LogP contribution in [-0.4, -0.2) is 11.6 Å². The maximum atomic E-state index is 6.13. The van der Waals surface area contributed by atoms with Gasteiger partial charge in [0.05, 0.1) is 11.6 Å². The number of unbranched alkanes of at least 4 members (excludes halogenated alkanes) is 6. The smallest absolute Gasteiger partial charge is 0.137 e. The van der Waals surface area contributed by atoms with Crippen molar-refractivity contribution in [1.29, 1.82) is 0 Å². The molecule has 0 unspecified atom stereocenters. The molecule has 0 aliphatic heterocycles. The summed E-state index contributed by atoms with van der Waals surface area (Å²) < 4.78 is 5.68. The van der Waals surface area contributed by atoms with Gasteiger partial charge in [0.2, 0.25) is 0 Å². The quantitative estimate of drug-likeness (QED) is 0.482. The van der Waals surface area contributed by atoms with Gasteiger partial charge < -0.3 is 10.5 Å². The maximum Gasteiger partial charge on any atom is 0.137 e. The largest absolute Gasteiger partial charge is 0.492 e. The van der Waals surface area contributed by atoms with Crippen LogP contribution < -0.4 is 10.5 Å². The molecule has 0 heterocycles. The normalized spacial score (nSPS) is 10.5. The highest BCUT2D eigenvalue weighted by atomic mass is 35.5. The van der Waals surface area contributed by atoms with Gasteiger partial charge in [-0.15, -0.1) is 0 Å². The number of hydrogen-bond donors (Lipinski definition) is 1. The van der Waals surface area contributed by atoms with Crippen molar-refractivity contribution in [3.63, 3.8) is 0 Å². The Morgan fingerprint density at radius 2 is 1.80 bits per heavy atom. The second kappa shape index (κ2) is 10.0. The molecule has 4 heteroatoms. The molecule has 2 N–H and O–H groups in total. The Morgan fingerprint density at radius 1 is 1.15 bits per heavy atom. The Balaban J connectivity index is 2.20. The lowest BCUT2D eigenvalue weighted by molar-refractivity contribution is 0.304. The molecule has 1 rings (SSSR count). The van der Waals surface area contributed by atoms with Crippen LogP contribution >= 0.6 is 23.8 Å². The minimum absolute atomic E-state index is 0.352. The van der Waals surface area contributed by atoms with E-state index in [0.29, 0.717) is 22.4 Å². The van der Waals surface area contributed by atoms with E-state index in [1.165, 1.54) is 38.5 Å². The molecule has 112 valence electrons. The highest BCUT2D eigenvalue weighted by molar-refractivity contribution is 7.80. The summed E-state index contributed by atoms with van der Waals surface area (Å²) in [5.74, 6) is 0.706. The number of rotatable bonds is 10. The van der Waals surface area contributed by atoms with E-state index in [1.807, 2.05) is 12.1 Å². The summed E-state index contributed by atoms with van der Waals surface area (Å²) in [5.41, 5.74) is 6.33. The molecule has 20 heavy (non-hydrogen) atoms. The zero-order chi connectivity index (χ0) is 14.8. The van der Waals surface area contributed by atoms with E-state index < -0.39 is 0 Å². The van der Waals surface area contributed by atoms with Gasteiger partial charge in [0.25, 0.3) is 0 Å². The molecule has 0 bridgehead atoms. The van der Waals surface area contributed by atoms with Crippen molar-refractivity contribution in [2.75, 3.05) is 6.61 Å². The summed E-state index contributed by atoms with van der Waals surface area (Å²) >= 11 is 11.0. The number of halogens is 1. The standard InChI is InChI=1S/C16H24ClNOS/c1-2-3-4-5-6-7-8-11-19-15-10-9-13(16(18)20)12-14(15)17/h9-10,12H,2-8,11H2,1H3,(H2,18,20). The molecule has 0 saturated heterocycles. The minimum Gasteiger partial charge on any atom is -0.492 e. The molecule has 1 aromatic carbocycles. The number of hydrogen-bond acceptors (Lipinski definition) is 2. The fourth-order valence-electron chi connectivity index (χ4n) is 2.01. The first kappa shape index (κ1) is 17.3. The lowest BCUT2D eigenvalue weighted by Crippen LogP contribution is -2.09. The molecule has 0 aliphatic carbocycles. The van der Waals surface area contributed by atoms with Gasteiger partial charge in [0.15, 0.2) is 0 Å². The molecule has 0 fully saturated rings. The average molecular weight is 314 g/mol. The van der Waals surface area contributed by atoms with Crippen LogP contribution in [0.4, 0.5) is 0 Å². The van der Waals surface area contributed by atoms with Crippen LogP contribution in [0, 0.1) is 0 Å². The van der Waals surface area contributed by atoms with Crippen molar-refractivity contribution in [3.05, 3.63) is 28.8 Å². The Bertz CT molecular complexity index is 423. The van der Waals surface area contributed by atoms with E-state index in [9.17, 15) is 0 Å². The Kier molecular flexibility index (Phi) is 8.63. The van der Waals surface area contributed by atoms with Crippen LogP contribution in [0.3, 0.4) is 0 Å². The zero-order valence-corrected chi connectivity index (χ0v) is 13.7. The molecule has 2 nitrogen and oxygen atoms in total. The zero-order valence-electron chi connectivity index (χ0n) is 12.2. The van der Waals surface area contributed by atoms with E-state index in [1.54, 1.807) is 6.07 Å². The fourth-order valence-corrected chi connectivity index (χ4v) is 2.37. The number of ether oxygens (including phenoxy) is 1. The van der Waals surface area contributed by atoms with Crippen molar-refractivity contribution in [2.45, 2.75) is 51.9 Å². The average Bonchev–Trinajstić information content (AvgIpc) is 2.43. The summed E-state index contributed by atoms with van der Waals surface area (Å²) in [5, 5.41) is 0.568. The van der Waals surface area contributed by atoms with E-state index in [-0.39, 0.29) is 0 Å². The predicted molar refractivity (Wildman–Crippen MR) is 90.8 cm³/mol. The van der Waals surface area contributed by atoms with Crippen LogP contribution in [0.15, 0.2) is 18.2 Å². The van der Waals surface area contributed by atoms with E-state index in [2.05, 4.69) is 6.92 Å². The number of nitrogens with two attached hydrogens (primary N) is 1. The highest BCUT2D eigenvalue weighted by Crippen LogP contribution is 2.25. The van der Waals surface area contributed by atoms with Gasteiger partial charge >= 0.3 is 0 Å². The molecule has 0 aliphatic rings. The summed E-state index contributed by atoms with van der Waals surface area (Å²) in [7, 11) is 0. The lowest BCUT2D eigenvalue weighted by Gasteiger charge is -2.09. The molecule has 1 aromatic rings. The third-order valence-corrected chi connectivity index (χ3v) is 3.75. The van der Waals surface area contributed by atoms with Gasteiger partial charge in [-0.1, -0.05) is 69.3 Å². The van der Waals surface area contributed by atoms with Crippen LogP contribution in [0.5, 0.6) is 5.75 Å². The van der Waals surface area contributed by atoms with Crippen LogP contribution in [0.2, 0.25) is 5.02 Å². The van der Waals surface area contributed by atoms with E-state index >= 15 is 0 Å². The van der Waals surface area contributed by atoms with Gasteiger partial charge in [-0.3, -0.25) is 0 Å². The summed E-state index contributed by atoms with van der Waals surface area (Å²) in [6, 6.07) is 5.43. The molecule has 0 radical (unpaired) electrons. The first-order valence-electron chi connectivity index (χ1n) is 7.37. The van der Waals surface area contributed by atoms with Crippen LogP contribution in [0.1, 0.15) is 57.4 Å². The fraction of sp³-hybridized carbons (Fsp3) is 0.562. The van der Waals surface area contributed by atoms with Gasteiger partial charge in [0, 0.05) is 5.56 Å². The molecule has 0 saturated carbocycles.